The Hall–Kier alpha value is -2.93. The van der Waals surface area contributed by atoms with Gasteiger partial charge >= 0.3 is 12.1 Å². The summed E-state index contributed by atoms with van der Waals surface area (Å²) in [5.41, 5.74) is 4.64. The SMILES string of the molecule is CC(C)[C@@H]1CC(C(O)NC(CC2CCC2)C(=O)C(N)=O)N(C(=O)C(NC(=O)N[C@H](COC(=O)NCC2CC2)C(C)C)C(C)(C)C)C1. The molecule has 0 bridgehead atoms. The van der Waals surface area contributed by atoms with Crippen LogP contribution in [0.4, 0.5) is 9.59 Å². The second-order valence-electron chi connectivity index (χ2n) is 15.4. The van der Waals surface area contributed by atoms with Gasteiger partial charge in [0.05, 0.1) is 18.1 Å². The van der Waals surface area contributed by atoms with Crippen molar-refractivity contribution < 1.29 is 33.8 Å². The molecule has 2 saturated carbocycles. The summed E-state index contributed by atoms with van der Waals surface area (Å²) in [6, 6.07) is -3.65. The van der Waals surface area contributed by atoms with Crippen LogP contribution in [-0.2, 0) is 19.1 Å². The van der Waals surface area contributed by atoms with Gasteiger partial charge in [0.1, 0.15) is 18.9 Å². The third kappa shape index (κ3) is 10.8. The van der Waals surface area contributed by atoms with Crippen LogP contribution in [0.3, 0.4) is 0 Å². The van der Waals surface area contributed by atoms with E-state index in [-0.39, 0.29) is 36.2 Å². The number of primary amides is 1. The lowest BCUT2D eigenvalue weighted by molar-refractivity contribution is -0.141. The first kappa shape index (κ1) is 37.5. The Morgan fingerprint density at radius 2 is 1.63 bits per heavy atom. The van der Waals surface area contributed by atoms with Crippen molar-refractivity contribution in [3.8, 4) is 0 Å². The number of hydrogen-bond donors (Lipinski definition) is 6. The van der Waals surface area contributed by atoms with Crippen LogP contribution in [0, 0.1) is 35.0 Å². The van der Waals surface area contributed by atoms with E-state index in [0.29, 0.717) is 31.8 Å². The highest BCUT2D eigenvalue weighted by molar-refractivity contribution is 6.37. The quantitative estimate of drug-likeness (QED) is 0.108. The largest absolute Gasteiger partial charge is 0.447 e. The van der Waals surface area contributed by atoms with Gasteiger partial charge in [-0.3, -0.25) is 19.7 Å². The number of urea groups is 1. The average Bonchev–Trinajstić information content (AvgIpc) is 3.66. The molecule has 46 heavy (non-hydrogen) atoms. The Kier molecular flexibility index (Phi) is 13.3. The number of nitrogens with two attached hydrogens (primary N) is 1. The lowest BCUT2D eigenvalue weighted by Gasteiger charge is -2.38. The van der Waals surface area contributed by atoms with E-state index < -0.39 is 59.6 Å². The summed E-state index contributed by atoms with van der Waals surface area (Å²) in [4.78, 5) is 65.8. The number of amides is 5. The van der Waals surface area contributed by atoms with Gasteiger partial charge in [0.2, 0.25) is 11.7 Å². The number of likely N-dealkylation sites (tertiary alicyclic amines) is 1. The van der Waals surface area contributed by atoms with Gasteiger partial charge in [-0.2, -0.15) is 0 Å². The van der Waals surface area contributed by atoms with Gasteiger partial charge < -0.3 is 36.4 Å². The first-order valence-electron chi connectivity index (χ1n) is 17.0. The van der Waals surface area contributed by atoms with Crippen molar-refractivity contribution in [2.45, 2.75) is 124 Å². The van der Waals surface area contributed by atoms with E-state index in [1.54, 1.807) is 4.90 Å². The molecule has 6 atom stereocenters. The Bertz CT molecular complexity index is 1080. The van der Waals surface area contributed by atoms with E-state index >= 15 is 0 Å². The number of ether oxygens (including phenoxy) is 1. The summed E-state index contributed by atoms with van der Waals surface area (Å²) in [6.45, 7) is 14.4. The summed E-state index contributed by atoms with van der Waals surface area (Å²) in [5, 5.41) is 22.9. The molecule has 0 aromatic heterocycles. The number of Topliss-reactive ketones (excluding diaryl/α,β-unsaturated/α-hetero) is 1. The van der Waals surface area contributed by atoms with Gasteiger partial charge in [-0.15, -0.1) is 0 Å². The monoisotopic (exact) mass is 650 g/mol. The minimum atomic E-state index is -1.29. The van der Waals surface area contributed by atoms with Crippen LogP contribution in [0.5, 0.6) is 0 Å². The number of ketones is 1. The molecule has 0 spiro atoms. The third-order valence-electron chi connectivity index (χ3n) is 9.83. The van der Waals surface area contributed by atoms with E-state index in [2.05, 4.69) is 35.1 Å². The van der Waals surface area contributed by atoms with Crippen molar-refractivity contribution >= 4 is 29.7 Å². The predicted molar refractivity (Wildman–Crippen MR) is 173 cm³/mol. The topological polar surface area (TPSA) is 192 Å². The molecule has 0 radical (unpaired) electrons. The molecule has 4 unspecified atom stereocenters. The van der Waals surface area contributed by atoms with Crippen LogP contribution in [0.15, 0.2) is 0 Å². The molecule has 3 fully saturated rings. The van der Waals surface area contributed by atoms with E-state index in [4.69, 9.17) is 10.5 Å². The summed E-state index contributed by atoms with van der Waals surface area (Å²) >= 11 is 0. The van der Waals surface area contributed by atoms with Crippen molar-refractivity contribution in [2.75, 3.05) is 19.7 Å². The summed E-state index contributed by atoms with van der Waals surface area (Å²) < 4.78 is 5.36. The summed E-state index contributed by atoms with van der Waals surface area (Å²) in [5.74, 6) is -1.19. The van der Waals surface area contributed by atoms with Crippen LogP contribution in [0.25, 0.3) is 0 Å². The number of aliphatic hydroxyl groups excluding tert-OH is 1. The van der Waals surface area contributed by atoms with E-state index in [1.165, 1.54) is 0 Å². The van der Waals surface area contributed by atoms with E-state index in [1.807, 2.05) is 34.6 Å². The molecule has 3 aliphatic rings. The van der Waals surface area contributed by atoms with Gasteiger partial charge in [0.15, 0.2) is 0 Å². The second kappa shape index (κ2) is 16.3. The van der Waals surface area contributed by atoms with Crippen LogP contribution >= 0.6 is 0 Å². The number of aliphatic hydroxyl groups is 1. The highest BCUT2D eigenvalue weighted by Crippen LogP contribution is 2.34. The van der Waals surface area contributed by atoms with Gasteiger partial charge in [0.25, 0.3) is 5.91 Å². The number of hydrogen-bond acceptors (Lipinski definition) is 8. The minimum absolute atomic E-state index is 0.0239. The standard InChI is InChI=1S/C33H58N6O7/c1-18(2)22-14-25(29(42)36-23(26(40)28(34)41)13-20-9-8-10-20)39(16-22)30(43)27(33(5,6)7)38-31(44)37-24(19(3)4)17-46-32(45)35-15-21-11-12-21/h18-25,27,29,36,42H,8-17H2,1-7H3,(H2,34,41)(H,35,45)(H2,37,38,44)/t22-,23?,24-,25?,27?,29?/m1/s1. The summed E-state index contributed by atoms with van der Waals surface area (Å²) in [7, 11) is 0. The highest BCUT2D eigenvalue weighted by atomic mass is 16.5. The summed E-state index contributed by atoms with van der Waals surface area (Å²) in [6.07, 6.45) is 4.22. The molecule has 7 N–H and O–H groups in total. The molecule has 1 aliphatic heterocycles. The van der Waals surface area contributed by atoms with Crippen molar-refractivity contribution in [2.24, 2.45) is 40.7 Å². The van der Waals surface area contributed by atoms with Crippen LogP contribution < -0.4 is 27.0 Å². The maximum atomic E-state index is 14.3. The zero-order valence-corrected chi connectivity index (χ0v) is 28.8. The van der Waals surface area contributed by atoms with Crippen molar-refractivity contribution in [3.05, 3.63) is 0 Å². The third-order valence-corrected chi connectivity index (χ3v) is 9.83. The first-order chi connectivity index (χ1) is 21.5. The maximum Gasteiger partial charge on any atom is 0.407 e. The molecule has 2 aliphatic carbocycles. The average molecular weight is 651 g/mol. The molecular weight excluding hydrogens is 592 g/mol. The minimum Gasteiger partial charge on any atom is -0.447 e. The molecule has 3 rings (SSSR count). The zero-order valence-electron chi connectivity index (χ0n) is 28.8. The molecule has 262 valence electrons. The number of nitrogens with zero attached hydrogens (tertiary/aromatic N) is 1. The molecule has 5 amide bonds. The van der Waals surface area contributed by atoms with Crippen molar-refractivity contribution in [1.82, 2.24) is 26.2 Å². The molecule has 0 aromatic rings. The lowest BCUT2D eigenvalue weighted by atomic mass is 9.80. The van der Waals surface area contributed by atoms with E-state index in [0.717, 1.165) is 32.1 Å². The van der Waals surface area contributed by atoms with Gasteiger partial charge in [-0.25, -0.2) is 9.59 Å². The molecule has 0 aromatic carbocycles. The highest BCUT2D eigenvalue weighted by Gasteiger charge is 2.46. The van der Waals surface area contributed by atoms with Crippen LogP contribution in [0.2, 0.25) is 0 Å². The number of carbonyl (C=O) groups excluding carboxylic acids is 5. The number of rotatable bonds is 16. The lowest BCUT2D eigenvalue weighted by Crippen LogP contribution is -2.62. The molecule has 13 nitrogen and oxygen atoms in total. The predicted octanol–water partition coefficient (Wildman–Crippen LogP) is 2.26. The fourth-order valence-corrected chi connectivity index (χ4v) is 6.06. The van der Waals surface area contributed by atoms with Crippen molar-refractivity contribution in [3.63, 3.8) is 0 Å². The molecular formula is C33H58N6O7. The van der Waals surface area contributed by atoms with Gasteiger partial charge in [-0.05, 0) is 60.7 Å². The first-order valence-corrected chi connectivity index (χ1v) is 17.0. The zero-order chi connectivity index (χ0) is 34.3. The van der Waals surface area contributed by atoms with Crippen LogP contribution in [-0.4, -0.2) is 89.8 Å². The van der Waals surface area contributed by atoms with Gasteiger partial charge in [-0.1, -0.05) is 67.7 Å². The molecule has 13 heteroatoms. The van der Waals surface area contributed by atoms with Crippen LogP contribution in [0.1, 0.15) is 93.4 Å². The normalized spacial score (nSPS) is 22.9. The number of carbonyl (C=O) groups is 5. The second-order valence-corrected chi connectivity index (χ2v) is 15.4. The Morgan fingerprint density at radius 3 is 2.13 bits per heavy atom. The van der Waals surface area contributed by atoms with E-state index in [9.17, 15) is 29.1 Å². The number of nitrogens with one attached hydrogen (secondary N) is 4. The van der Waals surface area contributed by atoms with Crippen molar-refractivity contribution in [1.29, 1.82) is 0 Å². The smallest absolute Gasteiger partial charge is 0.407 e. The molecule has 1 saturated heterocycles. The Morgan fingerprint density at radius 1 is 0.978 bits per heavy atom. The van der Waals surface area contributed by atoms with Gasteiger partial charge in [0, 0.05) is 13.1 Å². The maximum absolute atomic E-state index is 14.3. The Labute approximate surface area is 273 Å². The fourth-order valence-electron chi connectivity index (χ4n) is 6.06. The fraction of sp³-hybridized carbons (Fsp3) is 0.848. The molecule has 1 heterocycles. The number of alkyl carbamates (subject to hydrolysis) is 1. The Balaban J connectivity index is 1.71.